The van der Waals surface area contributed by atoms with Crippen LogP contribution >= 0.6 is 0 Å². The Balaban J connectivity index is 2.38. The Morgan fingerprint density at radius 3 is 2.75 bits per heavy atom. The van der Waals surface area contributed by atoms with Crippen molar-refractivity contribution >= 4 is 5.91 Å². The van der Waals surface area contributed by atoms with Crippen molar-refractivity contribution < 1.29 is 13.6 Å². The number of carbonyl (C=O) groups excluding carboxylic acids is 1. The molecule has 1 N–H and O–H groups in total. The van der Waals surface area contributed by atoms with E-state index in [1.165, 1.54) is 0 Å². The molecule has 0 aromatic heterocycles. The van der Waals surface area contributed by atoms with E-state index in [-0.39, 0.29) is 24.4 Å². The Morgan fingerprint density at radius 2 is 2.19 bits per heavy atom. The molecule has 1 heterocycles. The van der Waals surface area contributed by atoms with Gasteiger partial charge in [0.2, 0.25) is 5.91 Å². The van der Waals surface area contributed by atoms with Crippen LogP contribution in [0.25, 0.3) is 0 Å². The molecular weight excluding hydrogens is 214 g/mol. The molecule has 1 unspecified atom stereocenters. The number of alkyl halides is 2. The lowest BCUT2D eigenvalue weighted by Crippen LogP contribution is -2.49. The van der Waals surface area contributed by atoms with E-state index < -0.39 is 6.43 Å². The van der Waals surface area contributed by atoms with Crippen molar-refractivity contribution in [2.24, 2.45) is 5.92 Å². The predicted molar refractivity (Wildman–Crippen MR) is 58.4 cm³/mol. The third-order valence-electron chi connectivity index (χ3n) is 2.79. The number of hydrogen-bond donors (Lipinski definition) is 1. The summed E-state index contributed by atoms with van der Waals surface area (Å²) in [6, 6.07) is 0.0189. The van der Waals surface area contributed by atoms with Gasteiger partial charge in [-0.2, -0.15) is 0 Å². The topological polar surface area (TPSA) is 32.3 Å². The van der Waals surface area contributed by atoms with Gasteiger partial charge in [-0.1, -0.05) is 13.8 Å². The van der Waals surface area contributed by atoms with Crippen molar-refractivity contribution in [2.45, 2.75) is 39.2 Å². The molecule has 5 heteroatoms. The standard InChI is InChI=1S/C11H20F2N2O/c1-8(2)11(16)15-5-3-4-9(7-15)14-6-10(12)13/h8-10,14H,3-7H2,1-2H3. The van der Waals surface area contributed by atoms with Crippen molar-refractivity contribution in [2.75, 3.05) is 19.6 Å². The van der Waals surface area contributed by atoms with Crippen LogP contribution in [-0.4, -0.2) is 42.9 Å². The maximum atomic E-state index is 12.0. The fraction of sp³-hybridized carbons (Fsp3) is 0.909. The number of carbonyl (C=O) groups is 1. The lowest BCUT2D eigenvalue weighted by Gasteiger charge is -2.34. The first-order valence-corrected chi connectivity index (χ1v) is 5.81. The zero-order valence-electron chi connectivity index (χ0n) is 9.88. The van der Waals surface area contributed by atoms with Gasteiger partial charge >= 0.3 is 0 Å². The van der Waals surface area contributed by atoms with Crippen LogP contribution in [0.2, 0.25) is 0 Å². The van der Waals surface area contributed by atoms with Gasteiger partial charge in [0, 0.05) is 25.0 Å². The molecule has 1 rings (SSSR count). The summed E-state index contributed by atoms with van der Waals surface area (Å²) in [6.07, 6.45) is -0.565. The third kappa shape index (κ3) is 4.04. The molecule has 0 aliphatic carbocycles. The molecule has 94 valence electrons. The molecule has 0 spiro atoms. The molecule has 0 radical (unpaired) electrons. The van der Waals surface area contributed by atoms with Gasteiger partial charge in [-0.25, -0.2) is 8.78 Å². The van der Waals surface area contributed by atoms with Gasteiger partial charge in [-0.15, -0.1) is 0 Å². The lowest BCUT2D eigenvalue weighted by atomic mass is 10.0. The average molecular weight is 234 g/mol. The molecule has 1 aliphatic rings. The maximum Gasteiger partial charge on any atom is 0.250 e. The van der Waals surface area contributed by atoms with Crippen LogP contribution in [0.15, 0.2) is 0 Å². The molecule has 0 aromatic carbocycles. The normalized spacial score (nSPS) is 21.9. The minimum Gasteiger partial charge on any atom is -0.341 e. The number of piperidine rings is 1. The highest BCUT2D eigenvalue weighted by atomic mass is 19.3. The van der Waals surface area contributed by atoms with Crippen LogP contribution in [-0.2, 0) is 4.79 Å². The predicted octanol–water partition coefficient (Wildman–Crippen LogP) is 1.49. The summed E-state index contributed by atoms with van der Waals surface area (Å²) >= 11 is 0. The summed E-state index contributed by atoms with van der Waals surface area (Å²) in [5.74, 6) is 0.0948. The molecule has 1 aliphatic heterocycles. The fourth-order valence-electron chi connectivity index (χ4n) is 1.96. The van der Waals surface area contributed by atoms with Gasteiger partial charge in [-0.3, -0.25) is 4.79 Å². The van der Waals surface area contributed by atoms with Crippen LogP contribution in [0.5, 0.6) is 0 Å². The molecule has 0 saturated carbocycles. The Bertz CT molecular complexity index is 234. The Hall–Kier alpha value is -0.710. The molecule has 3 nitrogen and oxygen atoms in total. The van der Waals surface area contributed by atoms with Crippen LogP contribution in [0, 0.1) is 5.92 Å². The van der Waals surface area contributed by atoms with Crippen molar-refractivity contribution in [1.82, 2.24) is 10.2 Å². The first kappa shape index (κ1) is 13.4. The first-order chi connectivity index (χ1) is 7.50. The summed E-state index contributed by atoms with van der Waals surface area (Å²) in [5.41, 5.74) is 0. The van der Waals surface area contributed by atoms with E-state index in [2.05, 4.69) is 5.32 Å². The first-order valence-electron chi connectivity index (χ1n) is 5.81. The second kappa shape index (κ2) is 6.13. The highest BCUT2D eigenvalue weighted by Gasteiger charge is 2.25. The number of hydrogen-bond acceptors (Lipinski definition) is 2. The molecule has 1 amide bonds. The van der Waals surface area contributed by atoms with Crippen LogP contribution in [0.3, 0.4) is 0 Å². The molecule has 1 fully saturated rings. The average Bonchev–Trinajstić information content (AvgIpc) is 2.25. The van der Waals surface area contributed by atoms with Crippen molar-refractivity contribution in [3.05, 3.63) is 0 Å². The largest absolute Gasteiger partial charge is 0.341 e. The van der Waals surface area contributed by atoms with Gasteiger partial charge in [0.1, 0.15) is 0 Å². The SMILES string of the molecule is CC(C)C(=O)N1CCCC(NCC(F)F)C1. The fourth-order valence-corrected chi connectivity index (χ4v) is 1.96. The van der Waals surface area contributed by atoms with E-state index in [1.54, 1.807) is 4.90 Å². The van der Waals surface area contributed by atoms with Crippen LogP contribution in [0.1, 0.15) is 26.7 Å². The maximum absolute atomic E-state index is 12.0. The smallest absolute Gasteiger partial charge is 0.250 e. The quantitative estimate of drug-likeness (QED) is 0.799. The van der Waals surface area contributed by atoms with E-state index in [4.69, 9.17) is 0 Å². The van der Waals surface area contributed by atoms with Crippen molar-refractivity contribution in [3.8, 4) is 0 Å². The second-order valence-electron chi connectivity index (χ2n) is 4.58. The van der Waals surface area contributed by atoms with Gasteiger partial charge in [0.15, 0.2) is 0 Å². The monoisotopic (exact) mass is 234 g/mol. The molecule has 1 saturated heterocycles. The van der Waals surface area contributed by atoms with Gasteiger partial charge in [0.25, 0.3) is 6.43 Å². The van der Waals surface area contributed by atoms with E-state index in [0.29, 0.717) is 6.54 Å². The zero-order valence-corrected chi connectivity index (χ0v) is 9.88. The second-order valence-corrected chi connectivity index (χ2v) is 4.58. The van der Waals surface area contributed by atoms with Crippen molar-refractivity contribution in [3.63, 3.8) is 0 Å². The van der Waals surface area contributed by atoms with Crippen LogP contribution in [0.4, 0.5) is 8.78 Å². The van der Waals surface area contributed by atoms with Gasteiger partial charge in [-0.05, 0) is 12.8 Å². The minimum absolute atomic E-state index is 0.0189. The van der Waals surface area contributed by atoms with Crippen LogP contribution < -0.4 is 5.32 Å². The van der Waals surface area contributed by atoms with E-state index in [9.17, 15) is 13.6 Å². The van der Waals surface area contributed by atoms with E-state index in [0.717, 1.165) is 19.4 Å². The minimum atomic E-state index is -2.32. The van der Waals surface area contributed by atoms with Gasteiger partial charge in [0.05, 0.1) is 6.54 Å². The number of rotatable bonds is 4. The number of likely N-dealkylation sites (tertiary alicyclic amines) is 1. The summed E-state index contributed by atoms with van der Waals surface area (Å²) in [7, 11) is 0. The highest BCUT2D eigenvalue weighted by Crippen LogP contribution is 2.13. The summed E-state index contributed by atoms with van der Waals surface area (Å²) in [4.78, 5) is 13.5. The summed E-state index contributed by atoms with van der Waals surface area (Å²) in [6.45, 7) is 4.75. The van der Waals surface area contributed by atoms with Crippen molar-refractivity contribution in [1.29, 1.82) is 0 Å². The number of nitrogens with one attached hydrogen (secondary N) is 1. The highest BCUT2D eigenvalue weighted by molar-refractivity contribution is 5.78. The number of halogens is 2. The molecule has 1 atom stereocenters. The summed E-state index contributed by atoms with van der Waals surface area (Å²) < 4.78 is 24.1. The molecule has 0 bridgehead atoms. The Kier molecular flexibility index (Phi) is 5.12. The van der Waals surface area contributed by atoms with E-state index in [1.807, 2.05) is 13.8 Å². The molecular formula is C11H20F2N2O. The number of nitrogens with zero attached hydrogens (tertiary/aromatic N) is 1. The summed E-state index contributed by atoms with van der Waals surface area (Å²) in [5, 5.41) is 2.80. The zero-order chi connectivity index (χ0) is 12.1. The van der Waals surface area contributed by atoms with Gasteiger partial charge < -0.3 is 10.2 Å². The Labute approximate surface area is 95.2 Å². The van der Waals surface area contributed by atoms with E-state index >= 15 is 0 Å². The lowest BCUT2D eigenvalue weighted by molar-refractivity contribution is -0.135. The third-order valence-corrected chi connectivity index (χ3v) is 2.79. The Morgan fingerprint density at radius 1 is 1.50 bits per heavy atom. The number of amides is 1. The molecule has 16 heavy (non-hydrogen) atoms. The molecule has 0 aromatic rings.